The number of hydrogen-bond donors (Lipinski definition) is 1. The fourth-order valence-corrected chi connectivity index (χ4v) is 2.34. The molecule has 0 fully saturated rings. The van der Waals surface area contributed by atoms with Gasteiger partial charge < -0.3 is 10.6 Å². The lowest BCUT2D eigenvalue weighted by Crippen LogP contribution is -2.40. The summed E-state index contributed by atoms with van der Waals surface area (Å²) in [5.41, 5.74) is 9.74. The second-order valence-electron chi connectivity index (χ2n) is 6.01. The monoisotopic (exact) mass is 262 g/mol. The maximum Gasteiger partial charge on any atom is 0.232 e. The summed E-state index contributed by atoms with van der Waals surface area (Å²) in [6.07, 6.45) is 0.695. The lowest BCUT2D eigenvalue weighted by molar-refractivity contribution is -0.126. The summed E-state index contributed by atoms with van der Waals surface area (Å²) in [5.74, 6) is 0.115. The number of amides is 1. The molecule has 0 aliphatic carbocycles. The second-order valence-corrected chi connectivity index (χ2v) is 6.01. The molecule has 106 valence electrons. The number of rotatable bonds is 4. The number of nitrogens with zero attached hydrogens (tertiary/aromatic N) is 1. The Bertz CT molecular complexity index is 478. The first kappa shape index (κ1) is 15.7. The van der Waals surface area contributed by atoms with E-state index in [0.29, 0.717) is 13.0 Å². The zero-order valence-electron chi connectivity index (χ0n) is 13.0. The van der Waals surface area contributed by atoms with Crippen LogP contribution in [0.2, 0.25) is 0 Å². The van der Waals surface area contributed by atoms with Crippen LogP contribution in [-0.4, -0.2) is 19.5 Å². The van der Waals surface area contributed by atoms with Crippen LogP contribution in [0.15, 0.2) is 12.1 Å². The number of hydrogen-bond acceptors (Lipinski definition) is 2. The van der Waals surface area contributed by atoms with Gasteiger partial charge in [0.2, 0.25) is 5.91 Å². The summed E-state index contributed by atoms with van der Waals surface area (Å²) in [6, 6.07) is 4.21. The van der Waals surface area contributed by atoms with Crippen molar-refractivity contribution in [2.75, 3.05) is 18.5 Å². The summed E-state index contributed by atoms with van der Waals surface area (Å²) in [5, 5.41) is 0. The molecular weight excluding hydrogens is 236 g/mol. The zero-order valence-corrected chi connectivity index (χ0v) is 13.0. The first-order valence-corrected chi connectivity index (χ1v) is 6.77. The quantitative estimate of drug-likeness (QED) is 0.906. The molecule has 0 aliphatic rings. The number of anilines is 1. The van der Waals surface area contributed by atoms with Gasteiger partial charge in [0.05, 0.1) is 0 Å². The van der Waals surface area contributed by atoms with Gasteiger partial charge in [-0.05, 0) is 56.5 Å². The van der Waals surface area contributed by atoms with Crippen LogP contribution < -0.4 is 10.6 Å². The Morgan fingerprint density at radius 3 is 2.21 bits per heavy atom. The van der Waals surface area contributed by atoms with Crippen molar-refractivity contribution in [2.24, 2.45) is 11.1 Å². The molecule has 0 aromatic heterocycles. The van der Waals surface area contributed by atoms with Gasteiger partial charge in [0.25, 0.3) is 0 Å². The number of nitrogens with two attached hydrogens (primary N) is 1. The fraction of sp³-hybridized carbons (Fsp3) is 0.562. The van der Waals surface area contributed by atoms with Crippen molar-refractivity contribution in [1.29, 1.82) is 0 Å². The van der Waals surface area contributed by atoms with Gasteiger partial charge in [-0.25, -0.2) is 0 Å². The minimum Gasteiger partial charge on any atom is -0.330 e. The Kier molecular flexibility index (Phi) is 4.75. The van der Waals surface area contributed by atoms with Crippen LogP contribution >= 0.6 is 0 Å². The van der Waals surface area contributed by atoms with Crippen molar-refractivity contribution in [2.45, 2.75) is 41.0 Å². The normalized spacial score (nSPS) is 11.5. The summed E-state index contributed by atoms with van der Waals surface area (Å²) >= 11 is 0. The van der Waals surface area contributed by atoms with E-state index in [0.717, 1.165) is 11.3 Å². The van der Waals surface area contributed by atoms with E-state index in [2.05, 4.69) is 26.0 Å². The maximum absolute atomic E-state index is 12.6. The van der Waals surface area contributed by atoms with Crippen molar-refractivity contribution in [3.05, 3.63) is 28.8 Å². The Morgan fingerprint density at radius 1 is 1.16 bits per heavy atom. The average Bonchev–Trinajstić information content (AvgIpc) is 2.32. The lowest BCUT2D eigenvalue weighted by Gasteiger charge is -2.30. The molecule has 0 saturated carbocycles. The topological polar surface area (TPSA) is 46.3 Å². The van der Waals surface area contributed by atoms with Crippen molar-refractivity contribution in [3.8, 4) is 0 Å². The molecule has 0 heterocycles. The molecule has 0 spiro atoms. The number of carbonyl (C=O) groups is 1. The first-order valence-electron chi connectivity index (χ1n) is 6.77. The highest BCUT2D eigenvalue weighted by molar-refractivity contribution is 5.97. The Labute approximate surface area is 116 Å². The van der Waals surface area contributed by atoms with Gasteiger partial charge in [-0.2, -0.15) is 0 Å². The third-order valence-corrected chi connectivity index (χ3v) is 3.83. The van der Waals surface area contributed by atoms with Gasteiger partial charge in [0.1, 0.15) is 0 Å². The molecule has 0 bridgehead atoms. The van der Waals surface area contributed by atoms with Gasteiger partial charge in [0, 0.05) is 18.2 Å². The van der Waals surface area contributed by atoms with E-state index >= 15 is 0 Å². The van der Waals surface area contributed by atoms with Gasteiger partial charge in [-0.1, -0.05) is 19.9 Å². The fourth-order valence-electron chi connectivity index (χ4n) is 2.34. The van der Waals surface area contributed by atoms with E-state index in [-0.39, 0.29) is 5.91 Å². The van der Waals surface area contributed by atoms with Crippen LogP contribution in [0.5, 0.6) is 0 Å². The van der Waals surface area contributed by atoms with Crippen LogP contribution in [0, 0.1) is 26.2 Å². The maximum atomic E-state index is 12.6. The molecule has 0 radical (unpaired) electrons. The second kappa shape index (κ2) is 5.74. The molecule has 1 aromatic rings. The van der Waals surface area contributed by atoms with Gasteiger partial charge >= 0.3 is 0 Å². The Hall–Kier alpha value is -1.35. The predicted octanol–water partition coefficient (Wildman–Crippen LogP) is 2.95. The highest BCUT2D eigenvalue weighted by atomic mass is 16.2. The Balaban J connectivity index is 3.10. The summed E-state index contributed by atoms with van der Waals surface area (Å²) in [4.78, 5) is 14.3. The van der Waals surface area contributed by atoms with Crippen molar-refractivity contribution in [1.82, 2.24) is 0 Å². The highest BCUT2D eigenvalue weighted by Gasteiger charge is 2.30. The molecular formula is C16H26N2O. The van der Waals surface area contributed by atoms with Gasteiger partial charge in [0.15, 0.2) is 0 Å². The molecule has 0 atom stereocenters. The summed E-state index contributed by atoms with van der Waals surface area (Å²) in [7, 11) is 1.84. The van der Waals surface area contributed by atoms with Crippen LogP contribution in [0.1, 0.15) is 37.0 Å². The van der Waals surface area contributed by atoms with Crippen LogP contribution in [0.25, 0.3) is 0 Å². The van der Waals surface area contributed by atoms with E-state index in [1.54, 1.807) is 4.90 Å². The van der Waals surface area contributed by atoms with E-state index in [9.17, 15) is 4.79 Å². The highest BCUT2D eigenvalue weighted by Crippen LogP contribution is 2.29. The molecule has 19 heavy (non-hydrogen) atoms. The van der Waals surface area contributed by atoms with E-state index in [1.807, 2.05) is 27.8 Å². The number of carbonyl (C=O) groups excluding carboxylic acids is 1. The van der Waals surface area contributed by atoms with Crippen LogP contribution in [-0.2, 0) is 4.79 Å². The third-order valence-electron chi connectivity index (χ3n) is 3.83. The van der Waals surface area contributed by atoms with E-state index in [4.69, 9.17) is 5.73 Å². The number of benzene rings is 1. The minimum atomic E-state index is -0.422. The number of aryl methyl sites for hydroxylation is 3. The molecule has 0 saturated heterocycles. The first-order chi connectivity index (χ1) is 8.70. The molecule has 1 rings (SSSR count). The molecule has 3 heteroatoms. The molecule has 0 aliphatic heterocycles. The Morgan fingerprint density at radius 2 is 1.68 bits per heavy atom. The molecule has 3 nitrogen and oxygen atoms in total. The summed E-state index contributed by atoms with van der Waals surface area (Å²) in [6.45, 7) is 10.6. The largest absolute Gasteiger partial charge is 0.330 e. The van der Waals surface area contributed by atoms with Gasteiger partial charge in [-0.15, -0.1) is 0 Å². The smallest absolute Gasteiger partial charge is 0.232 e. The van der Waals surface area contributed by atoms with E-state index in [1.165, 1.54) is 11.1 Å². The van der Waals surface area contributed by atoms with Crippen molar-refractivity contribution < 1.29 is 4.79 Å². The van der Waals surface area contributed by atoms with Crippen LogP contribution in [0.4, 0.5) is 5.69 Å². The van der Waals surface area contributed by atoms with Crippen molar-refractivity contribution >= 4 is 11.6 Å². The van der Waals surface area contributed by atoms with Gasteiger partial charge in [-0.3, -0.25) is 4.79 Å². The van der Waals surface area contributed by atoms with Crippen molar-refractivity contribution in [3.63, 3.8) is 0 Å². The lowest BCUT2D eigenvalue weighted by atomic mass is 9.87. The molecule has 2 N–H and O–H groups in total. The zero-order chi connectivity index (χ0) is 14.8. The SMILES string of the molecule is Cc1cc(C)c(N(C)C(=O)C(C)(C)CCN)cc1C. The molecule has 1 aromatic carbocycles. The molecule has 0 unspecified atom stereocenters. The van der Waals surface area contributed by atoms with E-state index < -0.39 is 5.41 Å². The third kappa shape index (κ3) is 3.35. The predicted molar refractivity (Wildman–Crippen MR) is 81.5 cm³/mol. The van der Waals surface area contributed by atoms with Crippen LogP contribution in [0.3, 0.4) is 0 Å². The average molecular weight is 262 g/mol. The molecule has 1 amide bonds. The standard InChI is InChI=1S/C16H26N2O/c1-11-9-13(3)14(10-12(11)2)18(6)15(19)16(4,5)7-8-17/h9-10H,7-8,17H2,1-6H3. The minimum absolute atomic E-state index is 0.115. The summed E-state index contributed by atoms with van der Waals surface area (Å²) < 4.78 is 0.